The van der Waals surface area contributed by atoms with E-state index in [0.717, 1.165) is 31.2 Å². The van der Waals surface area contributed by atoms with Crippen molar-refractivity contribution in [3.63, 3.8) is 0 Å². The predicted octanol–water partition coefficient (Wildman–Crippen LogP) is 0.111. The van der Waals surface area contributed by atoms with Gasteiger partial charge in [0.25, 0.3) is 0 Å². The summed E-state index contributed by atoms with van der Waals surface area (Å²) in [5.41, 5.74) is 8.09. The van der Waals surface area contributed by atoms with E-state index in [4.69, 9.17) is 10.5 Å². The number of hydrogen-bond acceptors (Lipinski definition) is 9. The fraction of sp³-hybridized carbons (Fsp3) is 0.500. The number of fused-ring (bicyclic) bond motifs is 1. The van der Waals surface area contributed by atoms with Crippen molar-refractivity contribution in [3.05, 3.63) is 29.6 Å². The van der Waals surface area contributed by atoms with Crippen molar-refractivity contribution in [2.75, 3.05) is 25.4 Å². The molecule has 0 aliphatic carbocycles. The van der Waals surface area contributed by atoms with Gasteiger partial charge in [-0.05, 0) is 19.9 Å². The zero-order valence-electron chi connectivity index (χ0n) is 14.8. The molecule has 10 heteroatoms. The maximum Gasteiger partial charge on any atom is 0.184 e. The van der Waals surface area contributed by atoms with Crippen LogP contribution in [0.2, 0.25) is 0 Å². The lowest BCUT2D eigenvalue weighted by Crippen LogP contribution is -2.44. The Bertz CT molecular complexity index is 925. The summed E-state index contributed by atoms with van der Waals surface area (Å²) >= 11 is 0. The van der Waals surface area contributed by atoms with Crippen molar-refractivity contribution in [1.82, 2.24) is 39.8 Å². The number of nitrogen functional groups attached to an aromatic ring is 1. The molecule has 3 aromatic heterocycles. The minimum atomic E-state index is -0.00641. The van der Waals surface area contributed by atoms with E-state index in [1.807, 2.05) is 13.0 Å². The van der Waals surface area contributed by atoms with Crippen LogP contribution >= 0.6 is 0 Å². The van der Waals surface area contributed by atoms with Crippen molar-refractivity contribution >= 4 is 17.0 Å². The van der Waals surface area contributed by atoms with Crippen molar-refractivity contribution in [2.24, 2.45) is 0 Å². The second-order valence-corrected chi connectivity index (χ2v) is 6.42. The summed E-state index contributed by atoms with van der Waals surface area (Å²) in [6, 6.07) is 1.95. The average molecular weight is 355 g/mol. The minimum Gasteiger partial charge on any atom is -0.382 e. The van der Waals surface area contributed by atoms with Crippen molar-refractivity contribution in [1.29, 1.82) is 0 Å². The first-order valence-corrected chi connectivity index (χ1v) is 8.54. The Morgan fingerprint density at radius 2 is 2.12 bits per heavy atom. The molecular formula is C16H21N9O. The van der Waals surface area contributed by atoms with E-state index in [1.54, 1.807) is 17.8 Å². The monoisotopic (exact) mass is 355 g/mol. The summed E-state index contributed by atoms with van der Waals surface area (Å²) in [7, 11) is 0. The third kappa shape index (κ3) is 3.46. The second kappa shape index (κ2) is 6.89. The number of hydrogen-bond donors (Lipinski definition) is 1. The summed E-state index contributed by atoms with van der Waals surface area (Å²) in [6.45, 7) is 7.35. The third-order valence-corrected chi connectivity index (χ3v) is 4.32. The molecule has 1 aliphatic heterocycles. The van der Waals surface area contributed by atoms with Gasteiger partial charge in [0, 0.05) is 25.8 Å². The summed E-state index contributed by atoms with van der Waals surface area (Å²) in [6.07, 6.45) is 1.79. The molecule has 0 bridgehead atoms. The van der Waals surface area contributed by atoms with Gasteiger partial charge in [0.2, 0.25) is 0 Å². The molecule has 0 aromatic carbocycles. The molecule has 2 N–H and O–H groups in total. The maximum atomic E-state index is 5.91. The number of morpholine rings is 1. The Hall–Kier alpha value is -2.72. The molecule has 1 atom stereocenters. The van der Waals surface area contributed by atoms with Crippen LogP contribution in [0.5, 0.6) is 0 Å². The lowest BCUT2D eigenvalue weighted by atomic mass is 10.2. The fourth-order valence-corrected chi connectivity index (χ4v) is 3.16. The molecule has 0 amide bonds. The van der Waals surface area contributed by atoms with Crippen LogP contribution in [0.4, 0.5) is 5.82 Å². The normalized spacial score (nSPS) is 18.5. The highest BCUT2D eigenvalue weighted by Crippen LogP contribution is 2.16. The van der Waals surface area contributed by atoms with Crippen LogP contribution in [-0.4, -0.2) is 65.6 Å². The molecule has 4 rings (SSSR count). The van der Waals surface area contributed by atoms with Crippen LogP contribution in [0.25, 0.3) is 11.2 Å². The fourth-order valence-electron chi connectivity index (χ4n) is 3.16. The molecule has 1 saturated heterocycles. The smallest absolute Gasteiger partial charge is 0.184 e. The van der Waals surface area contributed by atoms with Crippen LogP contribution < -0.4 is 5.73 Å². The van der Waals surface area contributed by atoms with Gasteiger partial charge in [-0.2, -0.15) is 0 Å². The Balaban J connectivity index is 1.47. The number of anilines is 1. The molecule has 0 radical (unpaired) electrons. The zero-order chi connectivity index (χ0) is 18.1. The first kappa shape index (κ1) is 16.7. The molecule has 0 saturated carbocycles. The highest BCUT2D eigenvalue weighted by molar-refractivity contribution is 5.80. The van der Waals surface area contributed by atoms with Gasteiger partial charge in [0.1, 0.15) is 11.6 Å². The molecule has 10 nitrogen and oxygen atoms in total. The van der Waals surface area contributed by atoms with Crippen LogP contribution in [0, 0.1) is 13.8 Å². The molecule has 136 valence electrons. The van der Waals surface area contributed by atoms with E-state index in [9.17, 15) is 0 Å². The molecular weight excluding hydrogens is 334 g/mol. The molecule has 4 heterocycles. The van der Waals surface area contributed by atoms with Gasteiger partial charge >= 0.3 is 0 Å². The van der Waals surface area contributed by atoms with Gasteiger partial charge in [0.05, 0.1) is 24.9 Å². The third-order valence-electron chi connectivity index (χ3n) is 4.32. The summed E-state index contributed by atoms with van der Waals surface area (Å²) in [5.74, 6) is 1.74. The maximum absolute atomic E-state index is 5.91. The van der Waals surface area contributed by atoms with Gasteiger partial charge in [0.15, 0.2) is 17.0 Å². The van der Waals surface area contributed by atoms with Crippen molar-refractivity contribution in [3.8, 4) is 0 Å². The number of rotatable bonds is 4. The van der Waals surface area contributed by atoms with Crippen LogP contribution in [-0.2, 0) is 17.8 Å². The van der Waals surface area contributed by atoms with E-state index in [-0.39, 0.29) is 6.10 Å². The van der Waals surface area contributed by atoms with Crippen molar-refractivity contribution in [2.45, 2.75) is 33.0 Å². The Labute approximate surface area is 150 Å². The van der Waals surface area contributed by atoms with Crippen LogP contribution in [0.1, 0.15) is 17.3 Å². The molecule has 0 spiro atoms. The minimum absolute atomic E-state index is 0.00641. The highest BCUT2D eigenvalue weighted by atomic mass is 16.5. The van der Waals surface area contributed by atoms with Gasteiger partial charge < -0.3 is 10.5 Å². The van der Waals surface area contributed by atoms with Gasteiger partial charge in [-0.15, -0.1) is 5.10 Å². The van der Waals surface area contributed by atoms with Crippen molar-refractivity contribution < 1.29 is 4.74 Å². The zero-order valence-corrected chi connectivity index (χ0v) is 14.8. The Kier molecular flexibility index (Phi) is 4.43. The first-order chi connectivity index (χ1) is 12.6. The van der Waals surface area contributed by atoms with Crippen LogP contribution in [0.3, 0.4) is 0 Å². The number of ether oxygens (including phenoxy) is 1. The molecule has 26 heavy (non-hydrogen) atoms. The lowest BCUT2D eigenvalue weighted by molar-refractivity contribution is -0.0403. The molecule has 3 aromatic rings. The standard InChI is InChI=1S/C16H21N9O/c1-10-18-4-3-12(19-10)7-24-5-6-26-13(8-24)9-25-16-14(22-23-25)15(17)20-11(2)21-16/h3-4,13H,5-9H2,1-2H3,(H2,17,20,21). The second-order valence-electron chi connectivity index (χ2n) is 6.42. The van der Waals surface area contributed by atoms with Gasteiger partial charge in [-0.3, -0.25) is 4.90 Å². The van der Waals surface area contributed by atoms with E-state index in [2.05, 4.69) is 35.1 Å². The van der Waals surface area contributed by atoms with Crippen LogP contribution in [0.15, 0.2) is 12.3 Å². The largest absolute Gasteiger partial charge is 0.382 e. The molecule has 1 aliphatic rings. The van der Waals surface area contributed by atoms with Gasteiger partial charge in [-0.25, -0.2) is 24.6 Å². The number of nitrogens with zero attached hydrogens (tertiary/aromatic N) is 8. The topological polar surface area (TPSA) is 121 Å². The Morgan fingerprint density at radius 1 is 1.23 bits per heavy atom. The predicted molar refractivity (Wildman–Crippen MR) is 94.1 cm³/mol. The van der Waals surface area contributed by atoms with E-state index < -0.39 is 0 Å². The summed E-state index contributed by atoms with van der Waals surface area (Å²) in [4.78, 5) is 19.5. The molecule has 1 unspecified atom stereocenters. The Morgan fingerprint density at radius 3 is 2.96 bits per heavy atom. The first-order valence-electron chi connectivity index (χ1n) is 8.54. The quantitative estimate of drug-likeness (QED) is 0.695. The van der Waals surface area contributed by atoms with E-state index in [1.165, 1.54) is 0 Å². The van der Waals surface area contributed by atoms with Gasteiger partial charge in [-0.1, -0.05) is 5.21 Å². The number of aromatic nitrogens is 7. The molecule has 1 fully saturated rings. The summed E-state index contributed by atoms with van der Waals surface area (Å²) < 4.78 is 7.65. The SMILES string of the molecule is Cc1nccc(CN2CCOC(Cn3nnc4c(N)nc(C)nc43)C2)n1. The van der Waals surface area contributed by atoms with E-state index >= 15 is 0 Å². The highest BCUT2D eigenvalue weighted by Gasteiger charge is 2.23. The number of nitrogens with two attached hydrogens (primary N) is 1. The lowest BCUT2D eigenvalue weighted by Gasteiger charge is -2.32. The average Bonchev–Trinajstić information content (AvgIpc) is 2.98. The summed E-state index contributed by atoms with van der Waals surface area (Å²) in [5, 5.41) is 8.28. The van der Waals surface area contributed by atoms with E-state index in [0.29, 0.717) is 36.0 Å². The number of aryl methyl sites for hydroxylation is 2.